The summed E-state index contributed by atoms with van der Waals surface area (Å²) in [5.74, 6) is -1.03. The van der Waals surface area contributed by atoms with Crippen LogP contribution >= 0.6 is 0 Å². The monoisotopic (exact) mass is 291 g/mol. The van der Waals surface area contributed by atoms with E-state index < -0.39 is 5.97 Å². The van der Waals surface area contributed by atoms with Gasteiger partial charge in [-0.25, -0.2) is 4.79 Å². The topological polar surface area (TPSA) is 72.9 Å². The van der Waals surface area contributed by atoms with Crippen molar-refractivity contribution in [1.82, 2.24) is 10.2 Å². The maximum Gasteiger partial charge on any atom is 0.323 e. The van der Waals surface area contributed by atoms with E-state index in [1.165, 1.54) is 16.8 Å². The van der Waals surface area contributed by atoms with E-state index >= 15 is 0 Å². The molecule has 6 heteroatoms. The minimum Gasteiger partial charge on any atom is -0.480 e. The lowest BCUT2D eigenvalue weighted by Crippen LogP contribution is -2.52. The van der Waals surface area contributed by atoms with E-state index in [1.807, 2.05) is 6.07 Å². The van der Waals surface area contributed by atoms with Gasteiger partial charge in [-0.2, -0.15) is 0 Å². The Balaban J connectivity index is 1.92. The summed E-state index contributed by atoms with van der Waals surface area (Å²) in [7, 11) is 0. The van der Waals surface area contributed by atoms with Crippen LogP contribution in [0.5, 0.6) is 0 Å². The molecule has 6 nitrogen and oxygen atoms in total. The van der Waals surface area contributed by atoms with Crippen molar-refractivity contribution in [2.45, 2.75) is 13.8 Å². The first kappa shape index (κ1) is 15.2. The van der Waals surface area contributed by atoms with Crippen molar-refractivity contribution in [2.75, 3.05) is 37.6 Å². The molecule has 0 saturated carbocycles. The highest BCUT2D eigenvalue weighted by atomic mass is 16.4. The molecule has 114 valence electrons. The van der Waals surface area contributed by atoms with Crippen LogP contribution < -0.4 is 10.2 Å². The summed E-state index contributed by atoms with van der Waals surface area (Å²) in [5, 5.41) is 11.0. The number of piperazine rings is 1. The van der Waals surface area contributed by atoms with Gasteiger partial charge in [0.05, 0.1) is 0 Å². The zero-order valence-corrected chi connectivity index (χ0v) is 12.4. The van der Waals surface area contributed by atoms with Crippen LogP contribution in [0.1, 0.15) is 11.1 Å². The summed E-state index contributed by atoms with van der Waals surface area (Å²) in [5.41, 5.74) is 3.73. The standard InChI is InChI=1S/C15H21N3O3/c1-11-4-3-5-13(12(11)2)17-6-8-18(9-7-17)15(21)16-10-14(19)20/h3-5H,6-10H2,1-2H3,(H,16,21)(H,19,20). The molecule has 1 heterocycles. The Labute approximate surface area is 124 Å². The van der Waals surface area contributed by atoms with Gasteiger partial charge in [0.1, 0.15) is 6.54 Å². The van der Waals surface area contributed by atoms with Crippen molar-refractivity contribution >= 4 is 17.7 Å². The Morgan fingerprint density at radius 1 is 1.19 bits per heavy atom. The second-order valence-electron chi connectivity index (χ2n) is 5.25. The zero-order chi connectivity index (χ0) is 15.4. The van der Waals surface area contributed by atoms with Gasteiger partial charge in [-0.05, 0) is 31.0 Å². The number of carbonyl (C=O) groups excluding carboxylic acids is 1. The fraction of sp³-hybridized carbons (Fsp3) is 0.467. The molecule has 0 aromatic heterocycles. The van der Waals surface area contributed by atoms with Gasteiger partial charge in [0.25, 0.3) is 0 Å². The maximum atomic E-state index is 11.8. The number of aryl methyl sites for hydroxylation is 1. The lowest BCUT2D eigenvalue weighted by molar-refractivity contribution is -0.135. The third-order valence-corrected chi connectivity index (χ3v) is 3.87. The van der Waals surface area contributed by atoms with E-state index in [0.717, 1.165) is 13.1 Å². The van der Waals surface area contributed by atoms with Crippen molar-refractivity contribution in [3.63, 3.8) is 0 Å². The highest BCUT2D eigenvalue weighted by molar-refractivity contribution is 5.80. The lowest BCUT2D eigenvalue weighted by atomic mass is 10.1. The number of carbonyl (C=O) groups is 2. The number of anilines is 1. The first-order chi connectivity index (χ1) is 9.99. The van der Waals surface area contributed by atoms with Crippen molar-refractivity contribution in [3.05, 3.63) is 29.3 Å². The van der Waals surface area contributed by atoms with Gasteiger partial charge in [-0.15, -0.1) is 0 Å². The number of aliphatic carboxylic acids is 1. The number of benzene rings is 1. The molecule has 0 unspecified atom stereocenters. The normalized spacial score (nSPS) is 15.0. The molecule has 1 aliphatic rings. The summed E-state index contributed by atoms with van der Waals surface area (Å²) >= 11 is 0. The Morgan fingerprint density at radius 3 is 2.48 bits per heavy atom. The van der Waals surface area contributed by atoms with E-state index in [-0.39, 0.29) is 12.6 Å². The first-order valence-electron chi connectivity index (χ1n) is 7.05. The summed E-state index contributed by atoms with van der Waals surface area (Å²) in [6.07, 6.45) is 0. The quantitative estimate of drug-likeness (QED) is 0.878. The number of urea groups is 1. The summed E-state index contributed by atoms with van der Waals surface area (Å²) in [6, 6.07) is 5.93. The smallest absolute Gasteiger partial charge is 0.323 e. The molecule has 1 aromatic rings. The first-order valence-corrected chi connectivity index (χ1v) is 7.05. The van der Waals surface area contributed by atoms with E-state index in [1.54, 1.807) is 4.90 Å². The van der Waals surface area contributed by atoms with Crippen LogP contribution in [0.4, 0.5) is 10.5 Å². The van der Waals surface area contributed by atoms with Crippen LogP contribution in [-0.4, -0.2) is 54.7 Å². The Kier molecular flexibility index (Phi) is 4.67. The third-order valence-electron chi connectivity index (χ3n) is 3.87. The molecule has 1 aromatic carbocycles. The molecule has 0 atom stereocenters. The minimum atomic E-state index is -1.03. The Morgan fingerprint density at radius 2 is 1.86 bits per heavy atom. The molecular weight excluding hydrogens is 270 g/mol. The summed E-state index contributed by atoms with van der Waals surface area (Å²) in [6.45, 7) is 6.56. The van der Waals surface area contributed by atoms with Crippen LogP contribution in [0, 0.1) is 13.8 Å². The molecular formula is C15H21N3O3. The van der Waals surface area contributed by atoms with E-state index in [4.69, 9.17) is 5.11 Å². The Bertz CT molecular complexity index is 537. The molecule has 2 rings (SSSR count). The van der Waals surface area contributed by atoms with Crippen molar-refractivity contribution in [2.24, 2.45) is 0 Å². The summed E-state index contributed by atoms with van der Waals surface area (Å²) in [4.78, 5) is 26.2. The zero-order valence-electron chi connectivity index (χ0n) is 12.4. The van der Waals surface area contributed by atoms with Crippen molar-refractivity contribution in [3.8, 4) is 0 Å². The SMILES string of the molecule is Cc1cccc(N2CCN(C(=O)NCC(=O)O)CC2)c1C. The number of rotatable bonds is 3. The number of nitrogens with one attached hydrogen (secondary N) is 1. The highest BCUT2D eigenvalue weighted by Crippen LogP contribution is 2.23. The molecule has 1 aliphatic heterocycles. The van der Waals surface area contributed by atoms with Crippen LogP contribution in [0.3, 0.4) is 0 Å². The van der Waals surface area contributed by atoms with Gasteiger partial charge in [0.2, 0.25) is 0 Å². The van der Waals surface area contributed by atoms with Crippen molar-refractivity contribution < 1.29 is 14.7 Å². The largest absolute Gasteiger partial charge is 0.480 e. The van der Waals surface area contributed by atoms with E-state index in [0.29, 0.717) is 13.1 Å². The molecule has 21 heavy (non-hydrogen) atoms. The number of carboxylic acids is 1. The fourth-order valence-electron chi connectivity index (χ4n) is 2.49. The molecule has 1 saturated heterocycles. The number of amides is 2. The molecule has 0 bridgehead atoms. The molecule has 2 amide bonds. The van der Waals surface area contributed by atoms with Crippen LogP contribution in [0.25, 0.3) is 0 Å². The number of nitrogens with zero attached hydrogens (tertiary/aromatic N) is 2. The van der Waals surface area contributed by atoms with Crippen LogP contribution in [0.2, 0.25) is 0 Å². The van der Waals surface area contributed by atoms with E-state index in [9.17, 15) is 9.59 Å². The molecule has 1 fully saturated rings. The molecule has 0 aliphatic carbocycles. The minimum absolute atomic E-state index is 0.307. The van der Waals surface area contributed by atoms with Crippen LogP contribution in [0.15, 0.2) is 18.2 Å². The van der Waals surface area contributed by atoms with Gasteiger partial charge in [-0.1, -0.05) is 12.1 Å². The lowest BCUT2D eigenvalue weighted by Gasteiger charge is -2.36. The summed E-state index contributed by atoms with van der Waals surface area (Å²) < 4.78 is 0. The fourth-order valence-corrected chi connectivity index (χ4v) is 2.49. The van der Waals surface area contributed by atoms with E-state index in [2.05, 4.69) is 36.2 Å². The van der Waals surface area contributed by atoms with Gasteiger partial charge >= 0.3 is 12.0 Å². The number of carboxylic acid groups (broad SMARTS) is 1. The third kappa shape index (κ3) is 3.65. The second-order valence-corrected chi connectivity index (χ2v) is 5.25. The molecule has 2 N–H and O–H groups in total. The second kappa shape index (κ2) is 6.47. The average molecular weight is 291 g/mol. The molecule has 0 radical (unpaired) electrons. The Hall–Kier alpha value is -2.24. The van der Waals surface area contributed by atoms with Crippen LogP contribution in [-0.2, 0) is 4.79 Å². The molecule has 0 spiro atoms. The average Bonchev–Trinajstić information content (AvgIpc) is 2.48. The maximum absolute atomic E-state index is 11.8. The van der Waals surface area contributed by atoms with Gasteiger partial charge < -0.3 is 20.2 Å². The van der Waals surface area contributed by atoms with Crippen molar-refractivity contribution in [1.29, 1.82) is 0 Å². The highest BCUT2D eigenvalue weighted by Gasteiger charge is 2.22. The van der Waals surface area contributed by atoms with Gasteiger partial charge in [-0.3, -0.25) is 4.79 Å². The van der Waals surface area contributed by atoms with Gasteiger partial charge in [0.15, 0.2) is 0 Å². The predicted molar refractivity (Wildman–Crippen MR) is 80.7 cm³/mol. The van der Waals surface area contributed by atoms with Gasteiger partial charge in [0, 0.05) is 31.9 Å². The number of hydrogen-bond donors (Lipinski definition) is 2. The predicted octanol–water partition coefficient (Wildman–Crippen LogP) is 1.22. The number of hydrogen-bond acceptors (Lipinski definition) is 3.